The van der Waals surface area contributed by atoms with Gasteiger partial charge in [0.1, 0.15) is 29.0 Å². The maximum absolute atomic E-state index is 13.3. The van der Waals surface area contributed by atoms with Crippen molar-refractivity contribution in [1.82, 2.24) is 4.98 Å². The van der Waals surface area contributed by atoms with Gasteiger partial charge < -0.3 is 0 Å². The van der Waals surface area contributed by atoms with Crippen LogP contribution in [0.3, 0.4) is 0 Å². The molecule has 2 aromatic carbocycles. The van der Waals surface area contributed by atoms with Crippen LogP contribution in [0.1, 0.15) is 41.7 Å². The van der Waals surface area contributed by atoms with E-state index >= 15 is 0 Å². The third-order valence-electron chi connectivity index (χ3n) is 6.57. The Labute approximate surface area is 191 Å². The number of carbonyl (C=O) groups excluding carboxylic acids is 1. The van der Waals surface area contributed by atoms with Gasteiger partial charge in [-0.2, -0.15) is 4.57 Å². The topological polar surface area (TPSA) is 105 Å². The number of benzene rings is 2. The summed E-state index contributed by atoms with van der Waals surface area (Å²) in [5.74, 6) is 1.29. The summed E-state index contributed by atoms with van der Waals surface area (Å²) in [6.07, 6.45) is 7.92. The SMILES string of the molecule is O=Nc1ccc(CC2Nc3c(CC4CCCC4)nc(-c4ccc(N=O)cc4)c[n+]3C2=O)cc1. The summed E-state index contributed by atoms with van der Waals surface area (Å²) >= 11 is 0. The number of nitrogens with zero attached hydrogens (tertiary/aromatic N) is 4. The molecular formula is C25H24N5O3+. The number of anilines is 1. The van der Waals surface area contributed by atoms with E-state index in [2.05, 4.69) is 15.7 Å². The van der Waals surface area contributed by atoms with Gasteiger partial charge >= 0.3 is 11.7 Å². The summed E-state index contributed by atoms with van der Waals surface area (Å²) in [5, 5.41) is 9.30. The van der Waals surface area contributed by atoms with E-state index in [-0.39, 0.29) is 5.91 Å². The predicted molar refractivity (Wildman–Crippen MR) is 125 cm³/mol. The van der Waals surface area contributed by atoms with Gasteiger partial charge in [0.05, 0.1) is 0 Å². The number of hydrogen-bond donors (Lipinski definition) is 1. The summed E-state index contributed by atoms with van der Waals surface area (Å²) in [6.45, 7) is 0. The minimum Gasteiger partial charge on any atom is -0.258 e. The zero-order chi connectivity index (χ0) is 22.8. The summed E-state index contributed by atoms with van der Waals surface area (Å²) < 4.78 is 1.69. The van der Waals surface area contributed by atoms with Crippen molar-refractivity contribution >= 4 is 23.1 Å². The van der Waals surface area contributed by atoms with Gasteiger partial charge in [-0.25, -0.2) is 9.78 Å². The fourth-order valence-corrected chi connectivity index (χ4v) is 4.80. The van der Waals surface area contributed by atoms with Gasteiger partial charge in [0.15, 0.2) is 6.04 Å². The summed E-state index contributed by atoms with van der Waals surface area (Å²) in [7, 11) is 0. The molecule has 2 heterocycles. The first-order valence-electron chi connectivity index (χ1n) is 11.3. The second-order valence-corrected chi connectivity index (χ2v) is 8.78. The molecule has 8 nitrogen and oxygen atoms in total. The van der Waals surface area contributed by atoms with Gasteiger partial charge in [0.2, 0.25) is 0 Å². The Bertz CT molecular complexity index is 1200. The summed E-state index contributed by atoms with van der Waals surface area (Å²) in [4.78, 5) is 39.7. The van der Waals surface area contributed by atoms with E-state index in [0.29, 0.717) is 29.4 Å². The monoisotopic (exact) mass is 442 g/mol. The number of nitrogens with one attached hydrogen (secondary N) is 1. The van der Waals surface area contributed by atoms with Crippen LogP contribution in [0.2, 0.25) is 0 Å². The quantitative estimate of drug-likeness (QED) is 0.398. The Morgan fingerprint density at radius 2 is 1.55 bits per heavy atom. The molecule has 1 unspecified atom stereocenters. The van der Waals surface area contributed by atoms with Crippen molar-refractivity contribution < 1.29 is 9.36 Å². The van der Waals surface area contributed by atoms with E-state index < -0.39 is 6.04 Å². The Kier molecular flexibility index (Phi) is 5.73. The van der Waals surface area contributed by atoms with Crippen molar-refractivity contribution in [2.24, 2.45) is 16.3 Å². The van der Waals surface area contributed by atoms with Crippen molar-refractivity contribution in [3.8, 4) is 11.3 Å². The molecule has 1 saturated carbocycles. The molecule has 0 spiro atoms. The van der Waals surface area contributed by atoms with Crippen molar-refractivity contribution in [2.45, 2.75) is 44.6 Å². The van der Waals surface area contributed by atoms with Gasteiger partial charge in [0.25, 0.3) is 0 Å². The van der Waals surface area contributed by atoms with Gasteiger partial charge in [-0.15, -0.1) is 9.81 Å². The lowest BCUT2D eigenvalue weighted by molar-refractivity contribution is -0.552. The second-order valence-electron chi connectivity index (χ2n) is 8.78. The average Bonchev–Trinajstić information content (AvgIpc) is 3.48. The zero-order valence-electron chi connectivity index (χ0n) is 18.1. The maximum Gasteiger partial charge on any atom is 0.359 e. The van der Waals surface area contributed by atoms with Gasteiger partial charge in [-0.1, -0.05) is 49.9 Å². The van der Waals surface area contributed by atoms with Crippen LogP contribution >= 0.6 is 0 Å². The molecule has 0 saturated heterocycles. The number of rotatable bonds is 7. The molecule has 0 bridgehead atoms. The third kappa shape index (κ3) is 4.28. The second kappa shape index (κ2) is 8.97. The zero-order valence-corrected chi connectivity index (χ0v) is 18.1. The smallest absolute Gasteiger partial charge is 0.258 e. The van der Waals surface area contributed by atoms with Crippen LogP contribution in [0.5, 0.6) is 0 Å². The Hall–Kier alpha value is -3.81. The lowest BCUT2D eigenvalue weighted by atomic mass is 10.0. The highest BCUT2D eigenvalue weighted by Crippen LogP contribution is 2.31. The van der Waals surface area contributed by atoms with Crippen LogP contribution in [0.25, 0.3) is 11.3 Å². The van der Waals surface area contributed by atoms with E-state index in [1.807, 2.05) is 12.1 Å². The molecule has 1 aliphatic carbocycles. The molecule has 2 aliphatic rings. The molecule has 8 heteroatoms. The van der Waals surface area contributed by atoms with Gasteiger partial charge in [0, 0.05) is 18.4 Å². The van der Waals surface area contributed by atoms with E-state index in [0.717, 1.165) is 29.1 Å². The van der Waals surface area contributed by atoms with Crippen LogP contribution < -0.4 is 9.88 Å². The van der Waals surface area contributed by atoms with E-state index in [1.54, 1.807) is 47.2 Å². The number of nitroso groups, excluding NO2 is 2. The highest BCUT2D eigenvalue weighted by molar-refractivity contribution is 5.82. The predicted octanol–water partition coefficient (Wildman–Crippen LogP) is 5.24. The number of carbonyl (C=O) groups is 1. The maximum atomic E-state index is 13.3. The Morgan fingerprint density at radius 1 is 0.909 bits per heavy atom. The van der Waals surface area contributed by atoms with Crippen molar-refractivity contribution in [3.63, 3.8) is 0 Å². The molecule has 1 aliphatic heterocycles. The van der Waals surface area contributed by atoms with Crippen molar-refractivity contribution in [1.29, 1.82) is 0 Å². The number of aromatic nitrogens is 2. The van der Waals surface area contributed by atoms with E-state index in [1.165, 1.54) is 25.7 Å². The first kappa shape index (κ1) is 21.1. The molecule has 1 N–H and O–H groups in total. The molecule has 5 rings (SSSR count). The fraction of sp³-hybridized carbons (Fsp3) is 0.320. The fourth-order valence-electron chi connectivity index (χ4n) is 4.80. The molecule has 0 radical (unpaired) electrons. The van der Waals surface area contributed by atoms with Gasteiger partial charge in [-0.05, 0) is 46.1 Å². The van der Waals surface area contributed by atoms with E-state index in [9.17, 15) is 14.6 Å². The first-order chi connectivity index (χ1) is 16.1. The normalized spacial score (nSPS) is 17.6. The summed E-state index contributed by atoms with van der Waals surface area (Å²) in [6, 6.07) is 13.5. The van der Waals surface area contributed by atoms with Crippen LogP contribution in [0, 0.1) is 15.7 Å². The average molecular weight is 442 g/mol. The van der Waals surface area contributed by atoms with Crippen LogP contribution in [0.4, 0.5) is 17.2 Å². The largest absolute Gasteiger partial charge is 0.359 e. The highest BCUT2D eigenvalue weighted by Gasteiger charge is 2.41. The van der Waals surface area contributed by atoms with E-state index in [4.69, 9.17) is 4.98 Å². The molecule has 1 atom stereocenters. The van der Waals surface area contributed by atoms with Crippen LogP contribution in [-0.4, -0.2) is 16.9 Å². The van der Waals surface area contributed by atoms with Crippen molar-refractivity contribution in [2.75, 3.05) is 5.32 Å². The lowest BCUT2D eigenvalue weighted by Crippen LogP contribution is -2.44. The number of fused-ring (bicyclic) bond motifs is 1. The standard InChI is InChI=1S/C25H23N5O3/c31-25-22(14-17-5-9-19(28-32)10-6-17)27-24-21(13-16-3-1-2-4-16)26-23(15-30(24)25)18-7-11-20(29-33)12-8-18/h5-12,15-16,22H,1-4,13-14H2/p+1. The van der Waals surface area contributed by atoms with Gasteiger partial charge in [-0.3, -0.25) is 5.32 Å². The molecular weight excluding hydrogens is 418 g/mol. The van der Waals surface area contributed by atoms with Crippen molar-refractivity contribution in [3.05, 3.63) is 75.8 Å². The molecule has 1 fully saturated rings. The lowest BCUT2D eigenvalue weighted by Gasteiger charge is -2.11. The van der Waals surface area contributed by atoms with Crippen LogP contribution in [-0.2, 0) is 12.8 Å². The minimum absolute atomic E-state index is 0.0370. The molecule has 1 aromatic heterocycles. The molecule has 166 valence electrons. The molecule has 0 amide bonds. The first-order valence-corrected chi connectivity index (χ1v) is 11.3. The summed E-state index contributed by atoms with van der Waals surface area (Å²) in [5.41, 5.74) is 4.09. The molecule has 33 heavy (non-hydrogen) atoms. The third-order valence-corrected chi connectivity index (χ3v) is 6.57. The number of hydrogen-bond acceptors (Lipinski definition) is 7. The van der Waals surface area contributed by atoms with Crippen LogP contribution in [0.15, 0.2) is 65.1 Å². The Morgan fingerprint density at radius 3 is 2.18 bits per heavy atom. The minimum atomic E-state index is -0.416. The Balaban J connectivity index is 1.48. The highest BCUT2D eigenvalue weighted by atomic mass is 16.3. The molecule has 3 aromatic rings.